The molecule has 0 spiro atoms. The Morgan fingerprint density at radius 1 is 1.00 bits per heavy atom. The molecule has 0 amide bonds. The first-order chi connectivity index (χ1) is 15.8. The maximum atomic E-state index is 4.86. The summed E-state index contributed by atoms with van der Waals surface area (Å²) in [5.74, 6) is 2.56. The molecule has 0 radical (unpaired) electrons. The summed E-state index contributed by atoms with van der Waals surface area (Å²) in [5.41, 5.74) is 4.15. The zero-order valence-electron chi connectivity index (χ0n) is 17.4. The number of rotatable bonds is 5. The van der Waals surface area contributed by atoms with Gasteiger partial charge in [-0.05, 0) is 35.7 Å². The molecule has 6 rings (SSSR count). The lowest BCUT2D eigenvalue weighted by Crippen LogP contribution is -2.23. The molecule has 0 bridgehead atoms. The van der Waals surface area contributed by atoms with Crippen LogP contribution in [0.5, 0.6) is 0 Å². The molecule has 5 heterocycles. The molecule has 1 aliphatic heterocycles. The first-order valence-corrected chi connectivity index (χ1v) is 10.7. The SMILES string of the molecule is c1ccc(-c2cc(Nc3nc(N4CCC(c5cccnc5)C4)nc4cccn34)n[nH]2)cc1. The summed E-state index contributed by atoms with van der Waals surface area (Å²) in [5, 5.41) is 10.9. The van der Waals surface area contributed by atoms with Gasteiger partial charge in [-0.2, -0.15) is 15.1 Å². The van der Waals surface area contributed by atoms with Crippen LogP contribution in [0.1, 0.15) is 17.9 Å². The summed E-state index contributed by atoms with van der Waals surface area (Å²) in [6.45, 7) is 1.79. The van der Waals surface area contributed by atoms with E-state index in [-0.39, 0.29) is 0 Å². The van der Waals surface area contributed by atoms with Gasteiger partial charge in [0.1, 0.15) is 5.65 Å². The lowest BCUT2D eigenvalue weighted by molar-refractivity contribution is 0.767. The Labute approximate surface area is 185 Å². The Hall–Kier alpha value is -4.20. The minimum atomic E-state index is 0.437. The Morgan fingerprint density at radius 2 is 1.94 bits per heavy atom. The number of nitrogens with one attached hydrogen (secondary N) is 2. The molecular weight excluding hydrogens is 400 g/mol. The normalized spacial score (nSPS) is 16.0. The largest absolute Gasteiger partial charge is 0.340 e. The molecule has 158 valence electrons. The van der Waals surface area contributed by atoms with Crippen LogP contribution in [0.2, 0.25) is 0 Å². The molecule has 1 unspecified atom stereocenters. The van der Waals surface area contributed by atoms with Crippen LogP contribution in [0.25, 0.3) is 16.9 Å². The highest BCUT2D eigenvalue weighted by atomic mass is 15.3. The van der Waals surface area contributed by atoms with Crippen molar-refractivity contribution in [1.29, 1.82) is 0 Å². The maximum Gasteiger partial charge on any atom is 0.230 e. The van der Waals surface area contributed by atoms with E-state index in [0.717, 1.165) is 42.4 Å². The van der Waals surface area contributed by atoms with E-state index in [4.69, 9.17) is 9.97 Å². The van der Waals surface area contributed by atoms with Crippen LogP contribution < -0.4 is 10.2 Å². The molecular formula is C24H22N8. The summed E-state index contributed by atoms with van der Waals surface area (Å²) in [7, 11) is 0. The van der Waals surface area contributed by atoms with Crippen molar-refractivity contribution in [2.45, 2.75) is 12.3 Å². The standard InChI is InChI=1S/C24H22N8/c1-2-6-17(7-3-1)20-14-21(30-29-20)26-24-28-23(27-22-9-5-12-32(22)24)31-13-10-19(16-31)18-8-4-11-25-15-18/h1-9,11-12,14-15,19H,10,13,16H2,(H2,26,27,28,29,30). The van der Waals surface area contributed by atoms with Gasteiger partial charge in [-0.25, -0.2) is 0 Å². The summed E-state index contributed by atoms with van der Waals surface area (Å²) in [6.07, 6.45) is 6.79. The third-order valence-corrected chi connectivity index (χ3v) is 5.91. The number of nitrogens with zero attached hydrogens (tertiary/aromatic N) is 6. The molecule has 8 heteroatoms. The smallest absolute Gasteiger partial charge is 0.230 e. The topological polar surface area (TPSA) is 87.0 Å². The van der Waals surface area contributed by atoms with Crippen molar-refractivity contribution in [2.75, 3.05) is 23.3 Å². The molecule has 1 fully saturated rings. The molecule has 4 aromatic heterocycles. The monoisotopic (exact) mass is 422 g/mol. The Balaban J connectivity index is 1.28. The molecule has 2 N–H and O–H groups in total. The van der Waals surface area contributed by atoms with Gasteiger partial charge < -0.3 is 10.2 Å². The number of aromatic amines is 1. The zero-order chi connectivity index (χ0) is 21.3. The van der Waals surface area contributed by atoms with Crippen LogP contribution in [0.3, 0.4) is 0 Å². The highest BCUT2D eigenvalue weighted by Crippen LogP contribution is 2.30. The van der Waals surface area contributed by atoms with Gasteiger partial charge >= 0.3 is 0 Å². The van der Waals surface area contributed by atoms with Crippen LogP contribution in [-0.2, 0) is 0 Å². The fourth-order valence-electron chi connectivity index (χ4n) is 4.25. The third-order valence-electron chi connectivity index (χ3n) is 5.91. The van der Waals surface area contributed by atoms with Gasteiger partial charge in [0.2, 0.25) is 11.9 Å². The van der Waals surface area contributed by atoms with Crippen LogP contribution in [0.4, 0.5) is 17.7 Å². The van der Waals surface area contributed by atoms with E-state index in [1.54, 1.807) is 0 Å². The van der Waals surface area contributed by atoms with Gasteiger partial charge in [0.05, 0.1) is 5.69 Å². The fourth-order valence-corrected chi connectivity index (χ4v) is 4.25. The highest BCUT2D eigenvalue weighted by Gasteiger charge is 2.26. The highest BCUT2D eigenvalue weighted by molar-refractivity contribution is 5.65. The summed E-state index contributed by atoms with van der Waals surface area (Å²) < 4.78 is 1.94. The lowest BCUT2D eigenvalue weighted by Gasteiger charge is -2.18. The van der Waals surface area contributed by atoms with Crippen molar-refractivity contribution in [2.24, 2.45) is 0 Å². The second-order valence-corrected chi connectivity index (χ2v) is 7.96. The van der Waals surface area contributed by atoms with E-state index in [1.165, 1.54) is 5.56 Å². The van der Waals surface area contributed by atoms with E-state index in [2.05, 4.69) is 43.6 Å². The number of fused-ring (bicyclic) bond motifs is 1. The van der Waals surface area contributed by atoms with Crippen LogP contribution >= 0.6 is 0 Å². The summed E-state index contributed by atoms with van der Waals surface area (Å²) in [4.78, 5) is 16.2. The van der Waals surface area contributed by atoms with Crippen LogP contribution in [0.15, 0.2) is 79.3 Å². The van der Waals surface area contributed by atoms with Gasteiger partial charge in [-0.1, -0.05) is 36.4 Å². The van der Waals surface area contributed by atoms with Crippen molar-refractivity contribution in [3.8, 4) is 11.3 Å². The van der Waals surface area contributed by atoms with Gasteiger partial charge in [-0.15, -0.1) is 0 Å². The molecule has 32 heavy (non-hydrogen) atoms. The van der Waals surface area contributed by atoms with Gasteiger partial charge in [0, 0.05) is 43.7 Å². The molecule has 1 aliphatic rings. The molecule has 5 aromatic rings. The average molecular weight is 422 g/mol. The number of anilines is 3. The predicted octanol–water partition coefficient (Wildman–Crippen LogP) is 4.25. The molecule has 1 aromatic carbocycles. The van der Waals surface area contributed by atoms with Crippen molar-refractivity contribution < 1.29 is 0 Å². The minimum Gasteiger partial charge on any atom is -0.340 e. The molecule has 0 aliphatic carbocycles. The van der Waals surface area contributed by atoms with E-state index < -0.39 is 0 Å². The second kappa shape index (κ2) is 7.81. The lowest BCUT2D eigenvalue weighted by atomic mass is 10.0. The van der Waals surface area contributed by atoms with E-state index in [0.29, 0.717) is 17.7 Å². The number of pyridine rings is 1. The summed E-state index contributed by atoms with van der Waals surface area (Å²) in [6, 6.07) is 20.2. The quantitative estimate of drug-likeness (QED) is 0.440. The third kappa shape index (κ3) is 3.45. The van der Waals surface area contributed by atoms with Gasteiger partial charge in [0.25, 0.3) is 0 Å². The number of aromatic nitrogens is 6. The van der Waals surface area contributed by atoms with Crippen molar-refractivity contribution >= 4 is 23.4 Å². The Kier molecular flexibility index (Phi) is 4.53. The molecule has 8 nitrogen and oxygen atoms in total. The van der Waals surface area contributed by atoms with Crippen LogP contribution in [-0.4, -0.2) is 42.6 Å². The van der Waals surface area contributed by atoms with Crippen molar-refractivity contribution in [1.82, 2.24) is 29.5 Å². The minimum absolute atomic E-state index is 0.437. The average Bonchev–Trinajstić information content (AvgIpc) is 3.61. The molecule has 0 saturated carbocycles. The second-order valence-electron chi connectivity index (χ2n) is 7.96. The van der Waals surface area contributed by atoms with Gasteiger partial charge in [-0.3, -0.25) is 14.5 Å². The van der Waals surface area contributed by atoms with Gasteiger partial charge in [0.15, 0.2) is 5.82 Å². The number of benzene rings is 1. The number of hydrogen-bond acceptors (Lipinski definition) is 6. The first-order valence-electron chi connectivity index (χ1n) is 10.7. The van der Waals surface area contributed by atoms with Crippen LogP contribution in [0, 0.1) is 0 Å². The van der Waals surface area contributed by atoms with E-state index >= 15 is 0 Å². The number of H-pyrrole nitrogens is 1. The number of hydrogen-bond donors (Lipinski definition) is 2. The Morgan fingerprint density at radius 3 is 2.81 bits per heavy atom. The van der Waals surface area contributed by atoms with E-state index in [9.17, 15) is 0 Å². The zero-order valence-corrected chi connectivity index (χ0v) is 17.4. The summed E-state index contributed by atoms with van der Waals surface area (Å²) >= 11 is 0. The maximum absolute atomic E-state index is 4.86. The first kappa shape index (κ1) is 18.6. The van der Waals surface area contributed by atoms with E-state index in [1.807, 2.05) is 65.5 Å². The molecule has 1 atom stereocenters. The van der Waals surface area contributed by atoms with Crippen molar-refractivity contribution in [3.05, 3.63) is 84.8 Å². The molecule has 1 saturated heterocycles. The van der Waals surface area contributed by atoms with Crippen molar-refractivity contribution in [3.63, 3.8) is 0 Å². The predicted molar refractivity (Wildman–Crippen MR) is 124 cm³/mol. The fraction of sp³-hybridized carbons (Fsp3) is 0.167. The Bertz CT molecular complexity index is 1340.